The number of hydrogen-bond donors (Lipinski definition) is 1. The van der Waals surface area contributed by atoms with Crippen LogP contribution >= 0.6 is 11.6 Å². The van der Waals surface area contributed by atoms with Gasteiger partial charge in [-0.1, -0.05) is 17.7 Å². The number of pyridine rings is 1. The van der Waals surface area contributed by atoms with E-state index in [9.17, 15) is 0 Å². The van der Waals surface area contributed by atoms with Crippen LogP contribution in [0.4, 0.5) is 0 Å². The van der Waals surface area contributed by atoms with Gasteiger partial charge in [0.1, 0.15) is 0 Å². The number of nitrogens with zero attached hydrogens (tertiary/aromatic N) is 2. The third kappa shape index (κ3) is 3.06. The molecular formula is C13H18ClN3. The third-order valence-corrected chi connectivity index (χ3v) is 3.46. The fourth-order valence-corrected chi connectivity index (χ4v) is 2.53. The molecule has 1 aliphatic heterocycles. The lowest BCUT2D eigenvalue weighted by atomic mass is 10.0. The lowest BCUT2D eigenvalue weighted by Crippen LogP contribution is -2.45. The second-order valence-electron chi connectivity index (χ2n) is 4.22. The van der Waals surface area contributed by atoms with Crippen molar-refractivity contribution in [2.24, 2.45) is 0 Å². The number of piperazine rings is 1. The van der Waals surface area contributed by atoms with E-state index >= 15 is 0 Å². The summed E-state index contributed by atoms with van der Waals surface area (Å²) in [7, 11) is 0. The van der Waals surface area contributed by atoms with Gasteiger partial charge >= 0.3 is 0 Å². The molecule has 0 spiro atoms. The average molecular weight is 252 g/mol. The summed E-state index contributed by atoms with van der Waals surface area (Å²) in [5, 5.41) is 4.11. The van der Waals surface area contributed by atoms with E-state index in [2.05, 4.69) is 21.8 Å². The van der Waals surface area contributed by atoms with Crippen LogP contribution < -0.4 is 5.32 Å². The fraction of sp³-hybridized carbons (Fsp3) is 0.462. The molecule has 0 aromatic carbocycles. The van der Waals surface area contributed by atoms with Crippen LogP contribution in [-0.2, 0) is 0 Å². The van der Waals surface area contributed by atoms with Gasteiger partial charge in [0.25, 0.3) is 0 Å². The average Bonchev–Trinajstić information content (AvgIpc) is 2.38. The van der Waals surface area contributed by atoms with Crippen LogP contribution in [0.2, 0.25) is 5.02 Å². The SMILES string of the molecule is C=CC[C@@H](c1ccncc1Cl)N1CCNCC1. The fourth-order valence-electron chi connectivity index (χ4n) is 2.28. The molecule has 3 nitrogen and oxygen atoms in total. The molecule has 1 aromatic rings. The largest absolute Gasteiger partial charge is 0.314 e. The molecular weight excluding hydrogens is 234 g/mol. The Labute approximate surface area is 107 Å². The van der Waals surface area contributed by atoms with Gasteiger partial charge < -0.3 is 5.32 Å². The second-order valence-corrected chi connectivity index (χ2v) is 4.63. The molecule has 1 N–H and O–H groups in total. The van der Waals surface area contributed by atoms with E-state index in [-0.39, 0.29) is 0 Å². The summed E-state index contributed by atoms with van der Waals surface area (Å²) in [6, 6.07) is 2.34. The predicted octanol–water partition coefficient (Wildman–Crippen LogP) is 2.26. The van der Waals surface area contributed by atoms with E-state index in [1.807, 2.05) is 12.1 Å². The van der Waals surface area contributed by atoms with E-state index < -0.39 is 0 Å². The van der Waals surface area contributed by atoms with Gasteiger partial charge in [0, 0.05) is 44.6 Å². The van der Waals surface area contributed by atoms with Crippen LogP contribution in [-0.4, -0.2) is 36.1 Å². The maximum atomic E-state index is 6.23. The van der Waals surface area contributed by atoms with Gasteiger partial charge in [-0.05, 0) is 18.1 Å². The molecule has 2 heterocycles. The summed E-state index contributed by atoms with van der Waals surface area (Å²) in [6.45, 7) is 8.03. The van der Waals surface area contributed by atoms with Gasteiger partial charge in [0.2, 0.25) is 0 Å². The topological polar surface area (TPSA) is 28.2 Å². The Kier molecular flexibility index (Phi) is 4.54. The zero-order chi connectivity index (χ0) is 12.1. The number of nitrogens with one attached hydrogen (secondary N) is 1. The molecule has 1 aliphatic rings. The highest BCUT2D eigenvalue weighted by molar-refractivity contribution is 6.31. The van der Waals surface area contributed by atoms with Gasteiger partial charge in [-0.3, -0.25) is 9.88 Å². The van der Waals surface area contributed by atoms with Gasteiger partial charge in [-0.15, -0.1) is 6.58 Å². The molecule has 0 amide bonds. The molecule has 0 unspecified atom stereocenters. The van der Waals surface area contributed by atoms with Crippen LogP contribution in [0.5, 0.6) is 0 Å². The molecule has 1 saturated heterocycles. The first-order valence-electron chi connectivity index (χ1n) is 5.98. The molecule has 1 atom stereocenters. The van der Waals surface area contributed by atoms with Crippen molar-refractivity contribution >= 4 is 11.6 Å². The zero-order valence-electron chi connectivity index (χ0n) is 9.90. The Bertz CT molecular complexity index is 375. The van der Waals surface area contributed by atoms with Gasteiger partial charge in [-0.2, -0.15) is 0 Å². The molecule has 0 bridgehead atoms. The lowest BCUT2D eigenvalue weighted by molar-refractivity contribution is 0.174. The Hall–Kier alpha value is -0.900. The lowest BCUT2D eigenvalue weighted by Gasteiger charge is -2.35. The highest BCUT2D eigenvalue weighted by Crippen LogP contribution is 2.29. The summed E-state index contributed by atoms with van der Waals surface area (Å²) in [4.78, 5) is 6.50. The van der Waals surface area contributed by atoms with Crippen molar-refractivity contribution in [1.29, 1.82) is 0 Å². The summed E-state index contributed by atoms with van der Waals surface area (Å²) >= 11 is 6.23. The summed E-state index contributed by atoms with van der Waals surface area (Å²) in [5.74, 6) is 0. The standard InChI is InChI=1S/C13H18ClN3/c1-2-3-13(17-8-6-15-7-9-17)11-4-5-16-10-12(11)14/h2,4-5,10,13,15H,1,3,6-9H2/t13-/m0/s1. The normalized spacial score (nSPS) is 18.9. The first kappa shape index (κ1) is 12.6. The van der Waals surface area contributed by atoms with Crippen molar-refractivity contribution in [2.45, 2.75) is 12.5 Å². The highest BCUT2D eigenvalue weighted by Gasteiger charge is 2.22. The van der Waals surface area contributed by atoms with Crippen molar-refractivity contribution in [3.05, 3.63) is 41.7 Å². The van der Waals surface area contributed by atoms with Crippen LogP contribution in [0.3, 0.4) is 0 Å². The van der Waals surface area contributed by atoms with E-state index in [1.165, 1.54) is 0 Å². The monoisotopic (exact) mass is 251 g/mol. The van der Waals surface area contributed by atoms with Crippen molar-refractivity contribution in [1.82, 2.24) is 15.2 Å². The van der Waals surface area contributed by atoms with Crippen LogP contribution in [0, 0.1) is 0 Å². The smallest absolute Gasteiger partial charge is 0.0637 e. The van der Waals surface area contributed by atoms with Crippen molar-refractivity contribution in [3.63, 3.8) is 0 Å². The maximum Gasteiger partial charge on any atom is 0.0637 e. The Morgan fingerprint density at radius 1 is 1.53 bits per heavy atom. The number of halogens is 1. The molecule has 1 fully saturated rings. The quantitative estimate of drug-likeness (QED) is 0.832. The number of hydrogen-bond acceptors (Lipinski definition) is 3. The molecule has 0 saturated carbocycles. The molecule has 92 valence electrons. The van der Waals surface area contributed by atoms with E-state index in [0.29, 0.717) is 6.04 Å². The maximum absolute atomic E-state index is 6.23. The summed E-state index contributed by atoms with van der Waals surface area (Å²) in [6.07, 6.45) is 6.40. The molecule has 2 rings (SSSR count). The summed E-state index contributed by atoms with van der Waals surface area (Å²) < 4.78 is 0. The van der Waals surface area contributed by atoms with Gasteiger partial charge in [0.05, 0.1) is 5.02 Å². The molecule has 0 aliphatic carbocycles. The van der Waals surface area contributed by atoms with Crippen LogP contribution in [0.1, 0.15) is 18.0 Å². The van der Waals surface area contributed by atoms with E-state index in [1.54, 1.807) is 12.4 Å². The minimum atomic E-state index is 0.324. The van der Waals surface area contributed by atoms with Gasteiger partial charge in [0.15, 0.2) is 0 Å². The van der Waals surface area contributed by atoms with Crippen molar-refractivity contribution in [2.75, 3.05) is 26.2 Å². The first-order valence-corrected chi connectivity index (χ1v) is 6.36. The Morgan fingerprint density at radius 2 is 2.29 bits per heavy atom. The van der Waals surface area contributed by atoms with E-state index in [0.717, 1.165) is 43.2 Å². The molecule has 0 radical (unpaired) electrons. The predicted molar refractivity (Wildman–Crippen MR) is 71.2 cm³/mol. The minimum Gasteiger partial charge on any atom is -0.314 e. The third-order valence-electron chi connectivity index (χ3n) is 3.15. The number of rotatable bonds is 4. The van der Waals surface area contributed by atoms with Crippen LogP contribution in [0.25, 0.3) is 0 Å². The highest BCUT2D eigenvalue weighted by atomic mass is 35.5. The Balaban J connectivity index is 2.21. The van der Waals surface area contributed by atoms with Crippen molar-refractivity contribution in [3.8, 4) is 0 Å². The molecule has 17 heavy (non-hydrogen) atoms. The number of aromatic nitrogens is 1. The summed E-state index contributed by atoms with van der Waals surface area (Å²) in [5.41, 5.74) is 1.16. The first-order chi connectivity index (χ1) is 8.33. The van der Waals surface area contributed by atoms with Gasteiger partial charge in [-0.25, -0.2) is 0 Å². The van der Waals surface area contributed by atoms with Crippen LogP contribution in [0.15, 0.2) is 31.1 Å². The second kappa shape index (κ2) is 6.15. The van der Waals surface area contributed by atoms with Crippen molar-refractivity contribution < 1.29 is 0 Å². The molecule has 4 heteroatoms. The zero-order valence-corrected chi connectivity index (χ0v) is 10.7. The minimum absolute atomic E-state index is 0.324. The molecule has 1 aromatic heterocycles. The Morgan fingerprint density at radius 3 is 2.94 bits per heavy atom. The van der Waals surface area contributed by atoms with E-state index in [4.69, 9.17) is 11.6 Å².